The molecular weight excluding hydrogens is 392 g/mol. The van der Waals surface area contributed by atoms with E-state index in [0.717, 1.165) is 23.2 Å². The second-order valence-corrected chi connectivity index (χ2v) is 7.28. The summed E-state index contributed by atoms with van der Waals surface area (Å²) in [5.74, 6) is 0.642. The molecule has 0 unspecified atom stereocenters. The molecule has 8 nitrogen and oxygen atoms in total. The second-order valence-electron chi connectivity index (χ2n) is 7.28. The average Bonchev–Trinajstić information content (AvgIpc) is 3.09. The molecular formula is C23H24N6O2. The van der Waals surface area contributed by atoms with E-state index in [4.69, 9.17) is 0 Å². The number of aliphatic imine (C=N–C) groups is 1. The van der Waals surface area contributed by atoms with Gasteiger partial charge in [0.1, 0.15) is 0 Å². The molecule has 4 aromatic rings. The van der Waals surface area contributed by atoms with Gasteiger partial charge in [-0.3, -0.25) is 19.7 Å². The smallest absolute Gasteiger partial charge is 0.280 e. The molecule has 0 aliphatic heterocycles. The van der Waals surface area contributed by atoms with Crippen LogP contribution in [0.25, 0.3) is 16.5 Å². The van der Waals surface area contributed by atoms with Crippen LogP contribution in [-0.2, 0) is 0 Å². The van der Waals surface area contributed by atoms with Crippen molar-refractivity contribution in [3.63, 3.8) is 0 Å². The summed E-state index contributed by atoms with van der Waals surface area (Å²) < 4.78 is 1.54. The quantitative estimate of drug-likeness (QED) is 0.318. The third-order valence-electron chi connectivity index (χ3n) is 5.12. The van der Waals surface area contributed by atoms with Crippen LogP contribution in [0.4, 0.5) is 5.82 Å². The van der Waals surface area contributed by atoms with Gasteiger partial charge in [-0.15, -0.1) is 0 Å². The Bertz CT molecular complexity index is 1350. The summed E-state index contributed by atoms with van der Waals surface area (Å²) in [4.78, 5) is 29.3. The van der Waals surface area contributed by atoms with Gasteiger partial charge in [0.2, 0.25) is 0 Å². The number of H-pyrrole nitrogens is 2. The molecule has 158 valence electrons. The summed E-state index contributed by atoms with van der Waals surface area (Å²) >= 11 is 0. The first-order chi connectivity index (χ1) is 15.1. The Labute approximate surface area is 178 Å². The number of aromatic amines is 2. The molecule has 0 spiro atoms. The first-order valence-electron chi connectivity index (χ1n) is 10.2. The van der Waals surface area contributed by atoms with E-state index in [0.29, 0.717) is 35.6 Å². The summed E-state index contributed by atoms with van der Waals surface area (Å²) in [5.41, 5.74) is 2.58. The van der Waals surface area contributed by atoms with Gasteiger partial charge in [0.25, 0.3) is 11.1 Å². The standard InChI is InChI=1S/C23H24N6O2/c1-15(20-16(2)28-29(23(20)31)17-9-4-3-5-10-17)24-13-8-14-25-21-18-11-6-7-12-19(18)22(30)27-26-21/h3-7,9-12,28H,8,13-14H2,1-2H3,(H,25,26)(H,27,30). The van der Waals surface area contributed by atoms with Crippen molar-refractivity contribution in [1.82, 2.24) is 20.0 Å². The van der Waals surface area contributed by atoms with E-state index in [1.807, 2.05) is 62.4 Å². The SMILES string of the molecule is CC(=NCCCNc1n[nH]c(=O)c2ccccc12)c1c(C)[nH]n(-c2ccccc2)c1=O. The van der Waals surface area contributed by atoms with Crippen LogP contribution in [0.3, 0.4) is 0 Å². The highest BCUT2D eigenvalue weighted by Gasteiger charge is 2.14. The molecule has 0 amide bonds. The Balaban J connectivity index is 1.42. The first-order valence-corrected chi connectivity index (χ1v) is 10.2. The number of aryl methyl sites for hydroxylation is 1. The van der Waals surface area contributed by atoms with Gasteiger partial charge in [0.05, 0.1) is 16.6 Å². The lowest BCUT2D eigenvalue weighted by atomic mass is 10.2. The summed E-state index contributed by atoms with van der Waals surface area (Å²) in [5, 5.41) is 14.4. The van der Waals surface area contributed by atoms with Crippen LogP contribution in [0.5, 0.6) is 0 Å². The highest BCUT2D eigenvalue weighted by Crippen LogP contribution is 2.16. The van der Waals surface area contributed by atoms with E-state index in [1.54, 1.807) is 6.07 Å². The molecule has 0 aliphatic rings. The Morgan fingerprint density at radius 3 is 2.55 bits per heavy atom. The molecule has 0 aliphatic carbocycles. The number of nitrogens with zero attached hydrogens (tertiary/aromatic N) is 3. The number of anilines is 1. The highest BCUT2D eigenvalue weighted by atomic mass is 16.1. The minimum absolute atomic E-state index is 0.105. The van der Waals surface area contributed by atoms with Gasteiger partial charge in [-0.05, 0) is 38.5 Å². The number of hydrogen-bond donors (Lipinski definition) is 3. The van der Waals surface area contributed by atoms with Crippen molar-refractivity contribution in [2.24, 2.45) is 4.99 Å². The minimum Gasteiger partial charge on any atom is -0.368 e. The molecule has 31 heavy (non-hydrogen) atoms. The van der Waals surface area contributed by atoms with Gasteiger partial charge in [-0.2, -0.15) is 5.10 Å². The summed E-state index contributed by atoms with van der Waals surface area (Å²) in [6.07, 6.45) is 0.753. The fourth-order valence-electron chi connectivity index (χ4n) is 3.59. The van der Waals surface area contributed by atoms with Crippen molar-refractivity contribution >= 4 is 22.3 Å². The predicted molar refractivity (Wildman–Crippen MR) is 124 cm³/mol. The van der Waals surface area contributed by atoms with Crippen LogP contribution in [0.15, 0.2) is 69.2 Å². The number of rotatable bonds is 7. The van der Waals surface area contributed by atoms with E-state index in [2.05, 4.69) is 25.6 Å². The molecule has 0 saturated heterocycles. The van der Waals surface area contributed by atoms with Gasteiger partial charge in [-0.25, -0.2) is 9.78 Å². The molecule has 3 N–H and O–H groups in total. The van der Waals surface area contributed by atoms with Crippen molar-refractivity contribution in [3.05, 3.63) is 86.6 Å². The Kier molecular flexibility index (Phi) is 5.79. The number of fused-ring (bicyclic) bond motifs is 1. The zero-order valence-electron chi connectivity index (χ0n) is 17.5. The van der Waals surface area contributed by atoms with Crippen molar-refractivity contribution in [1.29, 1.82) is 0 Å². The molecule has 0 radical (unpaired) electrons. The summed E-state index contributed by atoms with van der Waals surface area (Å²) in [6, 6.07) is 16.8. The fourth-order valence-corrected chi connectivity index (χ4v) is 3.59. The molecule has 0 atom stereocenters. The number of para-hydroxylation sites is 1. The monoisotopic (exact) mass is 416 g/mol. The van der Waals surface area contributed by atoms with Crippen molar-refractivity contribution < 1.29 is 0 Å². The number of nitrogens with one attached hydrogen (secondary N) is 3. The van der Waals surface area contributed by atoms with Gasteiger partial charge in [0, 0.05) is 29.9 Å². The zero-order valence-corrected chi connectivity index (χ0v) is 17.5. The lowest BCUT2D eigenvalue weighted by molar-refractivity contribution is 0.835. The Hall–Kier alpha value is -3.94. The molecule has 2 heterocycles. The maximum Gasteiger partial charge on any atom is 0.280 e. The molecule has 0 fully saturated rings. The van der Waals surface area contributed by atoms with E-state index in [9.17, 15) is 9.59 Å². The van der Waals surface area contributed by atoms with Crippen LogP contribution in [0.1, 0.15) is 24.6 Å². The number of aromatic nitrogens is 4. The van der Waals surface area contributed by atoms with Crippen LogP contribution < -0.4 is 16.4 Å². The predicted octanol–water partition coefficient (Wildman–Crippen LogP) is 3.02. The Morgan fingerprint density at radius 1 is 1.06 bits per heavy atom. The van der Waals surface area contributed by atoms with Gasteiger partial charge >= 0.3 is 0 Å². The third-order valence-corrected chi connectivity index (χ3v) is 5.12. The molecule has 0 saturated carbocycles. The number of hydrogen-bond acceptors (Lipinski definition) is 5. The first kappa shape index (κ1) is 20.3. The zero-order chi connectivity index (χ0) is 21.8. The van der Waals surface area contributed by atoms with E-state index < -0.39 is 0 Å². The van der Waals surface area contributed by atoms with E-state index in [1.165, 1.54) is 4.68 Å². The van der Waals surface area contributed by atoms with Crippen LogP contribution in [0, 0.1) is 6.92 Å². The Morgan fingerprint density at radius 2 is 1.77 bits per heavy atom. The van der Waals surface area contributed by atoms with E-state index >= 15 is 0 Å². The highest BCUT2D eigenvalue weighted by molar-refractivity contribution is 5.99. The van der Waals surface area contributed by atoms with E-state index in [-0.39, 0.29) is 11.1 Å². The summed E-state index contributed by atoms with van der Waals surface area (Å²) in [6.45, 7) is 4.94. The van der Waals surface area contributed by atoms with Gasteiger partial charge in [0.15, 0.2) is 5.82 Å². The second kappa shape index (κ2) is 8.83. The molecule has 2 aromatic carbocycles. The normalized spacial score (nSPS) is 11.7. The van der Waals surface area contributed by atoms with Crippen LogP contribution in [-0.4, -0.2) is 38.8 Å². The lowest BCUT2D eigenvalue weighted by Gasteiger charge is -2.07. The largest absolute Gasteiger partial charge is 0.368 e. The average molecular weight is 416 g/mol. The molecule has 0 bridgehead atoms. The van der Waals surface area contributed by atoms with Gasteiger partial charge in [-0.1, -0.05) is 36.4 Å². The maximum absolute atomic E-state index is 12.9. The lowest BCUT2D eigenvalue weighted by Crippen LogP contribution is -2.20. The van der Waals surface area contributed by atoms with Crippen LogP contribution >= 0.6 is 0 Å². The summed E-state index contributed by atoms with van der Waals surface area (Å²) in [7, 11) is 0. The number of benzene rings is 2. The fraction of sp³-hybridized carbons (Fsp3) is 0.217. The molecule has 4 rings (SSSR count). The molecule has 2 aromatic heterocycles. The minimum atomic E-state index is -0.204. The van der Waals surface area contributed by atoms with Gasteiger partial charge < -0.3 is 5.32 Å². The van der Waals surface area contributed by atoms with Crippen molar-refractivity contribution in [2.75, 3.05) is 18.4 Å². The topological polar surface area (TPSA) is 108 Å². The van der Waals surface area contributed by atoms with Crippen LogP contribution in [0.2, 0.25) is 0 Å². The van der Waals surface area contributed by atoms with Crippen molar-refractivity contribution in [3.8, 4) is 5.69 Å². The molecule has 8 heteroatoms. The maximum atomic E-state index is 12.9. The third kappa shape index (κ3) is 4.18. The van der Waals surface area contributed by atoms with Crippen molar-refractivity contribution in [2.45, 2.75) is 20.3 Å².